The topological polar surface area (TPSA) is 72.5 Å². The molecule has 3 rings (SSSR count). The van der Waals surface area contributed by atoms with Crippen LogP contribution in [-0.4, -0.2) is 20.0 Å². The van der Waals surface area contributed by atoms with E-state index in [2.05, 4.69) is 29.1 Å². The first-order valence-corrected chi connectivity index (χ1v) is 5.93. The molecular formula is C11H17N5. The van der Waals surface area contributed by atoms with Gasteiger partial charge in [0.1, 0.15) is 5.82 Å². The maximum atomic E-state index is 5.89. The van der Waals surface area contributed by atoms with E-state index in [9.17, 15) is 0 Å². The highest BCUT2D eigenvalue weighted by atomic mass is 15.4. The third kappa shape index (κ3) is 1.24. The fourth-order valence-electron chi connectivity index (χ4n) is 2.33. The Labute approximate surface area is 94.0 Å². The van der Waals surface area contributed by atoms with E-state index in [1.807, 2.05) is 4.68 Å². The van der Waals surface area contributed by atoms with Gasteiger partial charge in [0.05, 0.1) is 17.1 Å². The van der Waals surface area contributed by atoms with Gasteiger partial charge in [0.2, 0.25) is 0 Å². The zero-order chi connectivity index (χ0) is 11.3. The third-order valence-electron chi connectivity index (χ3n) is 3.53. The summed E-state index contributed by atoms with van der Waals surface area (Å²) in [6.07, 6.45) is 3.51. The summed E-state index contributed by atoms with van der Waals surface area (Å²) in [5.41, 5.74) is 7.85. The average molecular weight is 219 g/mol. The van der Waals surface area contributed by atoms with Crippen LogP contribution in [0, 0.1) is 5.92 Å². The molecule has 2 heterocycles. The van der Waals surface area contributed by atoms with Crippen LogP contribution in [0.15, 0.2) is 0 Å². The molecule has 0 aliphatic heterocycles. The Balaban J connectivity index is 2.16. The van der Waals surface area contributed by atoms with Gasteiger partial charge in [-0.05, 0) is 32.1 Å². The highest BCUT2D eigenvalue weighted by Crippen LogP contribution is 2.40. The number of anilines is 1. The van der Waals surface area contributed by atoms with Crippen LogP contribution in [0.3, 0.4) is 0 Å². The molecule has 1 unspecified atom stereocenters. The largest absolute Gasteiger partial charge is 0.383 e. The van der Waals surface area contributed by atoms with Crippen molar-refractivity contribution >= 4 is 16.9 Å². The van der Waals surface area contributed by atoms with Crippen LogP contribution in [0.4, 0.5) is 5.82 Å². The van der Waals surface area contributed by atoms with E-state index in [-0.39, 0.29) is 0 Å². The van der Waals surface area contributed by atoms with E-state index >= 15 is 0 Å². The summed E-state index contributed by atoms with van der Waals surface area (Å²) in [5, 5.41) is 12.8. The average Bonchev–Trinajstić information content (AvgIpc) is 2.97. The molecule has 86 valence electrons. The highest BCUT2D eigenvalue weighted by molar-refractivity contribution is 5.89. The fraction of sp³-hybridized carbons (Fsp3) is 0.636. The number of nitrogens with two attached hydrogens (primary N) is 1. The van der Waals surface area contributed by atoms with Crippen molar-refractivity contribution < 1.29 is 0 Å². The van der Waals surface area contributed by atoms with Crippen LogP contribution in [-0.2, 0) is 6.42 Å². The Kier molecular flexibility index (Phi) is 1.96. The molecule has 0 radical (unpaired) electrons. The number of hydrogen-bond donors (Lipinski definition) is 2. The van der Waals surface area contributed by atoms with Crippen molar-refractivity contribution in [1.82, 2.24) is 20.0 Å². The van der Waals surface area contributed by atoms with Crippen molar-refractivity contribution in [2.24, 2.45) is 5.92 Å². The van der Waals surface area contributed by atoms with E-state index in [1.165, 1.54) is 12.8 Å². The second-order valence-electron chi connectivity index (χ2n) is 4.66. The first kappa shape index (κ1) is 9.69. The van der Waals surface area contributed by atoms with Crippen molar-refractivity contribution in [1.29, 1.82) is 0 Å². The van der Waals surface area contributed by atoms with E-state index in [0.29, 0.717) is 11.9 Å². The Bertz CT molecular complexity index is 520. The van der Waals surface area contributed by atoms with E-state index < -0.39 is 0 Å². The van der Waals surface area contributed by atoms with Crippen LogP contribution in [0.5, 0.6) is 0 Å². The molecule has 0 bridgehead atoms. The van der Waals surface area contributed by atoms with Gasteiger partial charge in [-0.15, -0.1) is 0 Å². The Morgan fingerprint density at radius 3 is 2.94 bits per heavy atom. The first-order chi connectivity index (χ1) is 7.72. The third-order valence-corrected chi connectivity index (χ3v) is 3.53. The van der Waals surface area contributed by atoms with Crippen LogP contribution in [0.25, 0.3) is 11.0 Å². The van der Waals surface area contributed by atoms with Crippen molar-refractivity contribution in [3.63, 3.8) is 0 Å². The second-order valence-corrected chi connectivity index (χ2v) is 4.66. The lowest BCUT2D eigenvalue weighted by Gasteiger charge is -2.10. The van der Waals surface area contributed by atoms with Gasteiger partial charge in [-0.25, -0.2) is 4.68 Å². The standard InChI is InChI=1S/C11H17N5/c1-3-8-9-10(12)13-14-11(9)16(15-8)6(2)7-4-5-7/h6-7H,3-5H2,1-2H3,(H3,12,13,14). The molecule has 0 spiro atoms. The molecule has 2 aromatic rings. The molecule has 5 heteroatoms. The quantitative estimate of drug-likeness (QED) is 0.827. The van der Waals surface area contributed by atoms with Crippen LogP contribution in [0.2, 0.25) is 0 Å². The zero-order valence-electron chi connectivity index (χ0n) is 9.70. The molecule has 1 aliphatic rings. The van der Waals surface area contributed by atoms with Crippen molar-refractivity contribution in [3.8, 4) is 0 Å². The number of nitrogen functional groups attached to an aromatic ring is 1. The second kappa shape index (κ2) is 3.23. The number of aromatic nitrogens is 4. The first-order valence-electron chi connectivity index (χ1n) is 5.93. The maximum absolute atomic E-state index is 5.89. The van der Waals surface area contributed by atoms with E-state index in [1.54, 1.807) is 0 Å². The minimum absolute atomic E-state index is 0.436. The normalized spacial score (nSPS) is 18.1. The van der Waals surface area contributed by atoms with Crippen molar-refractivity contribution in [2.45, 2.75) is 39.2 Å². The lowest BCUT2D eigenvalue weighted by atomic mass is 10.2. The summed E-state index contributed by atoms with van der Waals surface area (Å²) < 4.78 is 2.04. The van der Waals surface area contributed by atoms with Gasteiger partial charge in [-0.3, -0.25) is 5.10 Å². The molecule has 0 aromatic carbocycles. The Hall–Kier alpha value is -1.52. The Morgan fingerprint density at radius 2 is 2.31 bits per heavy atom. The molecule has 1 atom stereocenters. The number of nitrogens with zero attached hydrogens (tertiary/aromatic N) is 3. The predicted octanol–water partition coefficient (Wildman–Crippen LogP) is 1.87. The van der Waals surface area contributed by atoms with Gasteiger partial charge in [0, 0.05) is 0 Å². The molecule has 0 saturated heterocycles. The van der Waals surface area contributed by atoms with Crippen molar-refractivity contribution in [2.75, 3.05) is 5.73 Å². The molecule has 16 heavy (non-hydrogen) atoms. The lowest BCUT2D eigenvalue weighted by molar-refractivity contribution is 0.446. The van der Waals surface area contributed by atoms with Gasteiger partial charge in [-0.2, -0.15) is 10.2 Å². The molecule has 1 fully saturated rings. The summed E-state index contributed by atoms with van der Waals surface area (Å²) in [5.74, 6) is 1.41. The number of aromatic amines is 1. The SMILES string of the molecule is CCc1nn(C(C)C2CC2)c2n[nH]c(N)c12. The smallest absolute Gasteiger partial charge is 0.182 e. The molecule has 1 aliphatic carbocycles. The van der Waals surface area contributed by atoms with Gasteiger partial charge in [-0.1, -0.05) is 6.92 Å². The van der Waals surface area contributed by atoms with Crippen LogP contribution in [0.1, 0.15) is 38.4 Å². The van der Waals surface area contributed by atoms with Gasteiger partial charge in [0.15, 0.2) is 5.65 Å². The highest BCUT2D eigenvalue weighted by Gasteiger charge is 2.31. The maximum Gasteiger partial charge on any atom is 0.182 e. The monoisotopic (exact) mass is 219 g/mol. The zero-order valence-corrected chi connectivity index (χ0v) is 9.70. The molecule has 3 N–H and O–H groups in total. The number of rotatable bonds is 3. The van der Waals surface area contributed by atoms with Crippen molar-refractivity contribution in [3.05, 3.63) is 5.69 Å². The summed E-state index contributed by atoms with van der Waals surface area (Å²) in [6, 6.07) is 0.436. The summed E-state index contributed by atoms with van der Waals surface area (Å²) in [4.78, 5) is 0. The molecule has 0 amide bonds. The molecule has 2 aromatic heterocycles. The van der Waals surface area contributed by atoms with E-state index in [4.69, 9.17) is 5.73 Å². The number of nitrogens with one attached hydrogen (secondary N) is 1. The Morgan fingerprint density at radius 1 is 1.56 bits per heavy atom. The molecule has 1 saturated carbocycles. The molecular weight excluding hydrogens is 202 g/mol. The predicted molar refractivity (Wildman–Crippen MR) is 63.1 cm³/mol. The molecule has 5 nitrogen and oxygen atoms in total. The minimum atomic E-state index is 0.436. The summed E-state index contributed by atoms with van der Waals surface area (Å²) in [6.45, 7) is 4.31. The van der Waals surface area contributed by atoms with Gasteiger partial charge < -0.3 is 5.73 Å². The number of aryl methyl sites for hydroxylation is 1. The van der Waals surface area contributed by atoms with Crippen LogP contribution < -0.4 is 5.73 Å². The van der Waals surface area contributed by atoms with Gasteiger partial charge in [0.25, 0.3) is 0 Å². The number of H-pyrrole nitrogens is 1. The summed E-state index contributed by atoms with van der Waals surface area (Å²) in [7, 11) is 0. The lowest BCUT2D eigenvalue weighted by Crippen LogP contribution is -2.09. The number of hydrogen-bond acceptors (Lipinski definition) is 3. The van der Waals surface area contributed by atoms with E-state index in [0.717, 1.165) is 29.1 Å². The fourth-order valence-corrected chi connectivity index (χ4v) is 2.33. The van der Waals surface area contributed by atoms with Gasteiger partial charge >= 0.3 is 0 Å². The van der Waals surface area contributed by atoms with Crippen LogP contribution >= 0.6 is 0 Å². The minimum Gasteiger partial charge on any atom is -0.383 e. The number of fused-ring (bicyclic) bond motifs is 1. The summed E-state index contributed by atoms with van der Waals surface area (Å²) >= 11 is 0.